The van der Waals surface area contributed by atoms with E-state index < -0.39 is 0 Å². The van der Waals surface area contributed by atoms with Crippen LogP contribution in [0.25, 0.3) is 0 Å². The number of nitrogen functional groups attached to an aromatic ring is 1. The Morgan fingerprint density at radius 1 is 1.46 bits per heavy atom. The van der Waals surface area contributed by atoms with Crippen LogP contribution < -0.4 is 10.5 Å². The van der Waals surface area contributed by atoms with Crippen molar-refractivity contribution in [1.29, 1.82) is 0 Å². The average Bonchev–Trinajstić information content (AvgIpc) is 2.92. The fourth-order valence-corrected chi connectivity index (χ4v) is 1.58. The van der Waals surface area contributed by atoms with Crippen molar-refractivity contribution >= 4 is 28.4 Å². The van der Waals surface area contributed by atoms with Crippen LogP contribution in [0.4, 0.5) is 5.82 Å². The first-order valence-corrected chi connectivity index (χ1v) is 5.17. The molecule has 0 unspecified atom stereocenters. The number of rotatable bonds is 2. The third-order valence-corrected chi connectivity index (χ3v) is 3.01. The van der Waals surface area contributed by atoms with Crippen molar-refractivity contribution in [3.8, 4) is 5.88 Å². The zero-order valence-corrected chi connectivity index (χ0v) is 9.41. The lowest BCUT2D eigenvalue weighted by Gasteiger charge is -2.06. The van der Waals surface area contributed by atoms with Gasteiger partial charge in [0, 0.05) is 5.92 Å². The first kappa shape index (κ1) is 8.98. The van der Waals surface area contributed by atoms with Crippen molar-refractivity contribution in [2.45, 2.75) is 18.8 Å². The van der Waals surface area contributed by atoms with Crippen molar-refractivity contribution < 1.29 is 4.74 Å². The molecule has 4 nitrogen and oxygen atoms in total. The summed E-state index contributed by atoms with van der Waals surface area (Å²) in [5.41, 5.74) is 5.72. The van der Waals surface area contributed by atoms with E-state index in [0.29, 0.717) is 17.6 Å². The van der Waals surface area contributed by atoms with E-state index in [9.17, 15) is 0 Å². The Hall–Kier alpha value is -0.590. The summed E-state index contributed by atoms with van der Waals surface area (Å²) in [6.45, 7) is 0. The largest absolute Gasteiger partial charge is 0.480 e. The minimum Gasteiger partial charge on any atom is -0.480 e. The molecule has 0 saturated heterocycles. The third kappa shape index (κ3) is 1.70. The normalized spacial score (nSPS) is 15.8. The van der Waals surface area contributed by atoms with Crippen LogP contribution in [0, 0.1) is 3.57 Å². The molecule has 0 atom stereocenters. The highest BCUT2D eigenvalue weighted by atomic mass is 127. The van der Waals surface area contributed by atoms with E-state index in [2.05, 4.69) is 32.6 Å². The van der Waals surface area contributed by atoms with Gasteiger partial charge in [-0.2, -0.15) is 4.98 Å². The lowest BCUT2D eigenvalue weighted by atomic mass is 10.4. The number of halogens is 1. The number of anilines is 1. The van der Waals surface area contributed by atoms with Crippen molar-refractivity contribution in [3.05, 3.63) is 9.39 Å². The summed E-state index contributed by atoms with van der Waals surface area (Å²) in [5, 5.41) is 0. The van der Waals surface area contributed by atoms with Gasteiger partial charge >= 0.3 is 0 Å². The van der Waals surface area contributed by atoms with Gasteiger partial charge in [0.1, 0.15) is 15.2 Å². The second-order valence-corrected chi connectivity index (χ2v) is 4.14. The first-order chi connectivity index (χ1) is 6.22. The quantitative estimate of drug-likeness (QED) is 0.840. The number of aromatic nitrogens is 2. The monoisotopic (exact) mass is 291 g/mol. The van der Waals surface area contributed by atoms with E-state index in [-0.39, 0.29) is 0 Å². The molecular weight excluding hydrogens is 281 g/mol. The fourth-order valence-electron chi connectivity index (χ4n) is 1.12. The van der Waals surface area contributed by atoms with E-state index in [0.717, 1.165) is 9.39 Å². The van der Waals surface area contributed by atoms with Crippen molar-refractivity contribution in [2.24, 2.45) is 0 Å². The molecule has 1 aliphatic rings. The van der Waals surface area contributed by atoms with Crippen LogP contribution in [0.15, 0.2) is 0 Å². The van der Waals surface area contributed by atoms with Crippen LogP contribution in [-0.2, 0) is 0 Å². The second-order valence-electron chi connectivity index (χ2n) is 3.06. The van der Waals surface area contributed by atoms with Crippen LogP contribution in [0.1, 0.15) is 24.6 Å². The Labute approximate surface area is 90.0 Å². The topological polar surface area (TPSA) is 61.0 Å². The molecule has 1 aromatic heterocycles. The Kier molecular flexibility index (Phi) is 2.27. The van der Waals surface area contributed by atoms with E-state index in [4.69, 9.17) is 10.5 Å². The molecule has 13 heavy (non-hydrogen) atoms. The molecule has 70 valence electrons. The Morgan fingerprint density at radius 2 is 2.15 bits per heavy atom. The predicted octanol–water partition coefficient (Wildman–Crippen LogP) is 1.55. The molecule has 2 rings (SSSR count). The van der Waals surface area contributed by atoms with Crippen LogP contribution in [0.5, 0.6) is 5.88 Å². The second kappa shape index (κ2) is 3.28. The molecule has 1 heterocycles. The van der Waals surface area contributed by atoms with Gasteiger partial charge in [-0.15, -0.1) is 0 Å². The molecule has 0 bridgehead atoms. The van der Waals surface area contributed by atoms with Crippen molar-refractivity contribution in [3.63, 3.8) is 0 Å². The molecule has 2 N–H and O–H groups in total. The summed E-state index contributed by atoms with van der Waals surface area (Å²) in [7, 11) is 1.60. The maximum atomic E-state index is 5.72. The SMILES string of the molecule is COc1nc(C2CC2)nc(N)c1I. The maximum absolute atomic E-state index is 5.72. The molecule has 0 amide bonds. The zero-order chi connectivity index (χ0) is 9.42. The molecule has 1 aliphatic carbocycles. The van der Waals surface area contributed by atoms with Crippen LogP contribution in [0.3, 0.4) is 0 Å². The Balaban J connectivity index is 2.43. The molecule has 1 saturated carbocycles. The summed E-state index contributed by atoms with van der Waals surface area (Å²) >= 11 is 2.09. The molecule has 0 spiro atoms. The minimum atomic E-state index is 0.508. The standard InChI is InChI=1S/C8H10IN3O/c1-13-8-5(9)6(10)11-7(12-8)4-2-3-4/h4H,2-3H2,1H3,(H2,10,11,12). The third-order valence-electron chi connectivity index (χ3n) is 2.00. The zero-order valence-electron chi connectivity index (χ0n) is 7.25. The molecule has 0 aliphatic heterocycles. The van der Waals surface area contributed by atoms with E-state index in [1.807, 2.05) is 0 Å². The van der Waals surface area contributed by atoms with Crippen molar-refractivity contribution in [2.75, 3.05) is 12.8 Å². The number of hydrogen-bond acceptors (Lipinski definition) is 4. The predicted molar refractivity (Wildman–Crippen MR) is 57.7 cm³/mol. The molecule has 1 aromatic rings. The van der Waals surface area contributed by atoms with Crippen molar-refractivity contribution in [1.82, 2.24) is 9.97 Å². The van der Waals surface area contributed by atoms with E-state index in [1.54, 1.807) is 7.11 Å². The summed E-state index contributed by atoms with van der Waals surface area (Å²) in [6.07, 6.45) is 2.34. The van der Waals surface area contributed by atoms with Crippen LogP contribution >= 0.6 is 22.6 Å². The Morgan fingerprint density at radius 3 is 2.69 bits per heavy atom. The number of ether oxygens (including phenoxy) is 1. The average molecular weight is 291 g/mol. The Bertz CT molecular complexity index is 338. The summed E-state index contributed by atoms with van der Waals surface area (Å²) < 4.78 is 5.90. The van der Waals surface area contributed by atoms with E-state index in [1.165, 1.54) is 12.8 Å². The van der Waals surface area contributed by atoms with Gasteiger partial charge in [0.15, 0.2) is 0 Å². The highest BCUT2D eigenvalue weighted by molar-refractivity contribution is 14.1. The minimum absolute atomic E-state index is 0.508. The maximum Gasteiger partial charge on any atom is 0.232 e. The summed E-state index contributed by atoms with van der Waals surface area (Å²) in [6, 6.07) is 0. The molecule has 1 fully saturated rings. The summed E-state index contributed by atoms with van der Waals surface area (Å²) in [4.78, 5) is 8.52. The summed E-state index contributed by atoms with van der Waals surface area (Å²) in [5.74, 6) is 2.45. The first-order valence-electron chi connectivity index (χ1n) is 4.09. The fraction of sp³-hybridized carbons (Fsp3) is 0.500. The van der Waals surface area contributed by atoms with Crippen LogP contribution in [-0.4, -0.2) is 17.1 Å². The molecule has 5 heteroatoms. The lowest BCUT2D eigenvalue weighted by molar-refractivity contribution is 0.392. The van der Waals surface area contributed by atoms with E-state index >= 15 is 0 Å². The molecular formula is C8H10IN3O. The molecule has 0 aromatic carbocycles. The smallest absolute Gasteiger partial charge is 0.232 e. The van der Waals surface area contributed by atoms with Gasteiger partial charge in [-0.1, -0.05) is 0 Å². The van der Waals surface area contributed by atoms with Gasteiger partial charge in [0.25, 0.3) is 0 Å². The van der Waals surface area contributed by atoms with Gasteiger partial charge in [0.2, 0.25) is 5.88 Å². The van der Waals surface area contributed by atoms with Crippen LogP contribution in [0.2, 0.25) is 0 Å². The van der Waals surface area contributed by atoms with Gasteiger partial charge in [-0.05, 0) is 35.4 Å². The van der Waals surface area contributed by atoms with Gasteiger partial charge in [-0.3, -0.25) is 0 Å². The molecule has 0 radical (unpaired) electrons. The lowest BCUT2D eigenvalue weighted by Crippen LogP contribution is -2.04. The number of hydrogen-bond donors (Lipinski definition) is 1. The highest BCUT2D eigenvalue weighted by Gasteiger charge is 2.28. The van der Waals surface area contributed by atoms with Gasteiger partial charge in [0.05, 0.1) is 7.11 Å². The number of methoxy groups -OCH3 is 1. The van der Waals surface area contributed by atoms with Gasteiger partial charge < -0.3 is 10.5 Å². The highest BCUT2D eigenvalue weighted by Crippen LogP contribution is 2.39. The van der Waals surface area contributed by atoms with Gasteiger partial charge in [-0.25, -0.2) is 4.98 Å². The number of nitrogens with zero attached hydrogens (tertiary/aromatic N) is 2. The number of nitrogens with two attached hydrogens (primary N) is 1.